The molecule has 0 atom stereocenters. The van der Waals surface area contributed by atoms with Crippen LogP contribution in [-0.4, -0.2) is 18.0 Å². The SMILES string of the molecule is CCc1cc(C#N)c([N+](=O)[O-])c(CC(=O)OC)c1. The van der Waals surface area contributed by atoms with Crippen LogP contribution in [0.2, 0.25) is 0 Å². The van der Waals surface area contributed by atoms with Crippen molar-refractivity contribution < 1.29 is 14.5 Å². The molecule has 0 saturated carbocycles. The molecule has 6 nitrogen and oxygen atoms in total. The standard InChI is InChI=1S/C12H12N2O4/c1-3-8-4-9(6-11(15)18-2)12(14(16)17)10(5-8)7-13/h4-5H,3,6H2,1-2H3. The number of benzene rings is 1. The van der Waals surface area contributed by atoms with Crippen LogP contribution < -0.4 is 0 Å². The second-order valence-electron chi connectivity index (χ2n) is 3.63. The van der Waals surface area contributed by atoms with Crippen LogP contribution in [0.4, 0.5) is 5.69 Å². The van der Waals surface area contributed by atoms with Gasteiger partial charge >= 0.3 is 5.97 Å². The molecule has 0 aliphatic carbocycles. The summed E-state index contributed by atoms with van der Waals surface area (Å²) < 4.78 is 4.49. The van der Waals surface area contributed by atoms with E-state index in [1.807, 2.05) is 6.92 Å². The zero-order valence-electron chi connectivity index (χ0n) is 10.1. The van der Waals surface area contributed by atoms with Crippen LogP contribution in [0.5, 0.6) is 0 Å². The number of hydrogen-bond donors (Lipinski definition) is 0. The van der Waals surface area contributed by atoms with Gasteiger partial charge in [-0.3, -0.25) is 14.9 Å². The Morgan fingerprint density at radius 1 is 1.56 bits per heavy atom. The van der Waals surface area contributed by atoms with E-state index in [9.17, 15) is 14.9 Å². The molecule has 94 valence electrons. The van der Waals surface area contributed by atoms with E-state index in [2.05, 4.69) is 4.74 Å². The predicted molar refractivity (Wildman–Crippen MR) is 62.9 cm³/mol. The predicted octanol–water partition coefficient (Wildman–Crippen LogP) is 1.74. The van der Waals surface area contributed by atoms with Crippen molar-refractivity contribution in [3.63, 3.8) is 0 Å². The Hall–Kier alpha value is -2.42. The van der Waals surface area contributed by atoms with Gasteiger partial charge in [0.2, 0.25) is 0 Å². The van der Waals surface area contributed by atoms with Crippen molar-refractivity contribution in [1.29, 1.82) is 5.26 Å². The van der Waals surface area contributed by atoms with E-state index in [0.29, 0.717) is 6.42 Å². The van der Waals surface area contributed by atoms with Crippen molar-refractivity contribution in [3.05, 3.63) is 38.9 Å². The third-order valence-corrected chi connectivity index (χ3v) is 2.52. The van der Waals surface area contributed by atoms with Crippen LogP contribution in [0.3, 0.4) is 0 Å². The summed E-state index contributed by atoms with van der Waals surface area (Å²) >= 11 is 0. The summed E-state index contributed by atoms with van der Waals surface area (Å²) in [6.45, 7) is 1.87. The van der Waals surface area contributed by atoms with Gasteiger partial charge in [-0.2, -0.15) is 5.26 Å². The van der Waals surface area contributed by atoms with E-state index < -0.39 is 10.9 Å². The first kappa shape index (κ1) is 13.6. The largest absolute Gasteiger partial charge is 0.469 e. The van der Waals surface area contributed by atoms with Gasteiger partial charge in [0.05, 0.1) is 18.5 Å². The fourth-order valence-corrected chi connectivity index (χ4v) is 1.63. The summed E-state index contributed by atoms with van der Waals surface area (Å²) in [6, 6.07) is 4.83. The topological polar surface area (TPSA) is 93.2 Å². The molecule has 0 radical (unpaired) electrons. The van der Waals surface area contributed by atoms with E-state index >= 15 is 0 Å². The number of carbonyl (C=O) groups excluding carboxylic acids is 1. The second kappa shape index (κ2) is 5.77. The first-order chi connectivity index (χ1) is 8.53. The average Bonchev–Trinajstić information content (AvgIpc) is 2.36. The van der Waals surface area contributed by atoms with Gasteiger partial charge in [0.15, 0.2) is 0 Å². The number of ether oxygens (including phenoxy) is 1. The van der Waals surface area contributed by atoms with Crippen molar-refractivity contribution in [2.45, 2.75) is 19.8 Å². The van der Waals surface area contributed by atoms with Gasteiger partial charge in [-0.15, -0.1) is 0 Å². The number of esters is 1. The van der Waals surface area contributed by atoms with Gasteiger partial charge < -0.3 is 4.74 Å². The van der Waals surface area contributed by atoms with Crippen molar-refractivity contribution in [2.24, 2.45) is 0 Å². The minimum atomic E-state index is -0.643. The van der Waals surface area contributed by atoms with E-state index in [0.717, 1.165) is 5.56 Å². The molecule has 6 heteroatoms. The lowest BCUT2D eigenvalue weighted by Gasteiger charge is -2.06. The molecule has 18 heavy (non-hydrogen) atoms. The monoisotopic (exact) mass is 248 g/mol. The average molecular weight is 248 g/mol. The van der Waals surface area contributed by atoms with Crippen LogP contribution in [0, 0.1) is 21.4 Å². The quantitative estimate of drug-likeness (QED) is 0.459. The van der Waals surface area contributed by atoms with Crippen molar-refractivity contribution >= 4 is 11.7 Å². The number of nitro benzene ring substituents is 1. The van der Waals surface area contributed by atoms with Crippen LogP contribution in [-0.2, 0) is 22.4 Å². The molecule has 0 bridgehead atoms. The van der Waals surface area contributed by atoms with E-state index in [-0.39, 0.29) is 23.2 Å². The third kappa shape index (κ3) is 2.83. The third-order valence-electron chi connectivity index (χ3n) is 2.52. The maximum Gasteiger partial charge on any atom is 0.310 e. The van der Waals surface area contributed by atoms with E-state index in [1.54, 1.807) is 12.1 Å². The van der Waals surface area contributed by atoms with E-state index in [4.69, 9.17) is 5.26 Å². The minimum Gasteiger partial charge on any atom is -0.469 e. The zero-order chi connectivity index (χ0) is 13.7. The molecule has 0 aromatic heterocycles. The molecule has 1 aromatic carbocycles. The number of methoxy groups -OCH3 is 1. The number of nitriles is 1. The highest BCUT2D eigenvalue weighted by Crippen LogP contribution is 2.26. The number of nitrogens with zero attached hydrogens (tertiary/aromatic N) is 2. The second-order valence-corrected chi connectivity index (χ2v) is 3.63. The summed E-state index contributed by atoms with van der Waals surface area (Å²) in [4.78, 5) is 21.6. The molecular weight excluding hydrogens is 236 g/mol. The molecular formula is C12H12N2O4. The maximum atomic E-state index is 11.2. The summed E-state index contributed by atoms with van der Waals surface area (Å²) in [5.41, 5.74) is 0.636. The highest BCUT2D eigenvalue weighted by molar-refractivity contribution is 5.75. The number of rotatable bonds is 4. The zero-order valence-corrected chi connectivity index (χ0v) is 10.1. The summed E-state index contributed by atoms with van der Waals surface area (Å²) in [5.74, 6) is -0.574. The van der Waals surface area contributed by atoms with Crippen molar-refractivity contribution in [3.8, 4) is 6.07 Å². The summed E-state index contributed by atoms with van der Waals surface area (Å²) in [7, 11) is 1.21. The van der Waals surface area contributed by atoms with Gasteiger partial charge in [-0.05, 0) is 24.1 Å². The highest BCUT2D eigenvalue weighted by Gasteiger charge is 2.22. The van der Waals surface area contributed by atoms with Gasteiger partial charge in [0.25, 0.3) is 5.69 Å². The Balaban J connectivity index is 3.40. The lowest BCUT2D eigenvalue weighted by Crippen LogP contribution is -2.08. The fraction of sp³-hybridized carbons (Fsp3) is 0.333. The number of carbonyl (C=O) groups is 1. The normalized spacial score (nSPS) is 9.61. The Kier molecular flexibility index (Phi) is 4.38. The molecule has 0 heterocycles. The fourth-order valence-electron chi connectivity index (χ4n) is 1.63. The Labute approximate surface area is 104 Å². The van der Waals surface area contributed by atoms with Crippen molar-refractivity contribution in [1.82, 2.24) is 0 Å². The molecule has 0 unspecified atom stereocenters. The molecule has 0 saturated heterocycles. The summed E-state index contributed by atoms with van der Waals surface area (Å²) in [5, 5.41) is 19.9. The summed E-state index contributed by atoms with van der Waals surface area (Å²) in [6.07, 6.45) is 0.413. The van der Waals surface area contributed by atoms with Gasteiger partial charge in [0.1, 0.15) is 11.6 Å². The lowest BCUT2D eigenvalue weighted by molar-refractivity contribution is -0.385. The van der Waals surface area contributed by atoms with Crippen molar-refractivity contribution in [2.75, 3.05) is 7.11 Å². The molecule has 1 aromatic rings. The first-order valence-corrected chi connectivity index (χ1v) is 5.30. The molecule has 0 fully saturated rings. The van der Waals surface area contributed by atoms with Gasteiger partial charge in [-0.1, -0.05) is 6.92 Å². The Bertz CT molecular complexity index is 532. The smallest absolute Gasteiger partial charge is 0.310 e. The van der Waals surface area contributed by atoms with Crippen LogP contribution in [0.1, 0.15) is 23.6 Å². The maximum absolute atomic E-state index is 11.2. The van der Waals surface area contributed by atoms with Gasteiger partial charge in [0, 0.05) is 5.56 Å². The number of hydrogen-bond acceptors (Lipinski definition) is 5. The molecule has 0 N–H and O–H groups in total. The van der Waals surface area contributed by atoms with Crippen LogP contribution >= 0.6 is 0 Å². The molecule has 0 amide bonds. The van der Waals surface area contributed by atoms with Crippen LogP contribution in [0.25, 0.3) is 0 Å². The molecule has 1 rings (SSSR count). The van der Waals surface area contributed by atoms with Crippen LogP contribution in [0.15, 0.2) is 12.1 Å². The Morgan fingerprint density at radius 2 is 2.22 bits per heavy atom. The Morgan fingerprint density at radius 3 is 2.67 bits per heavy atom. The first-order valence-electron chi connectivity index (χ1n) is 5.30. The number of aryl methyl sites for hydroxylation is 1. The highest BCUT2D eigenvalue weighted by atomic mass is 16.6. The van der Waals surface area contributed by atoms with Gasteiger partial charge in [-0.25, -0.2) is 0 Å². The molecule has 0 aliphatic heterocycles. The number of nitro groups is 1. The molecule has 0 spiro atoms. The molecule has 0 aliphatic rings. The van der Waals surface area contributed by atoms with E-state index in [1.165, 1.54) is 13.2 Å². The lowest BCUT2D eigenvalue weighted by atomic mass is 10.00. The minimum absolute atomic E-state index is 0.0294.